The SMILES string of the molecule is CCOCCCn1c(SCC(=O)Nc2ccc(Cl)cc2)nc2cc(Cl)ccc2c1=O. The van der Waals surface area contributed by atoms with Gasteiger partial charge < -0.3 is 10.1 Å². The summed E-state index contributed by atoms with van der Waals surface area (Å²) < 4.78 is 6.97. The second-order valence-electron chi connectivity index (χ2n) is 6.41. The number of amides is 1. The molecule has 1 aromatic heterocycles. The summed E-state index contributed by atoms with van der Waals surface area (Å²) in [6.07, 6.45) is 0.666. The van der Waals surface area contributed by atoms with Crippen LogP contribution in [0.5, 0.6) is 0 Å². The van der Waals surface area contributed by atoms with Crippen LogP contribution >= 0.6 is 35.0 Å². The number of thioether (sulfide) groups is 1. The molecule has 0 fully saturated rings. The monoisotopic (exact) mass is 465 g/mol. The van der Waals surface area contributed by atoms with Crippen molar-refractivity contribution in [2.45, 2.75) is 25.0 Å². The second kappa shape index (κ2) is 10.8. The quantitative estimate of drug-likeness (QED) is 0.277. The number of anilines is 1. The maximum absolute atomic E-state index is 13.0. The number of hydrogen-bond acceptors (Lipinski definition) is 5. The zero-order valence-corrected chi connectivity index (χ0v) is 18.7. The zero-order chi connectivity index (χ0) is 21.5. The Hall–Kier alpha value is -2.06. The summed E-state index contributed by atoms with van der Waals surface area (Å²) in [6.45, 7) is 3.54. The lowest BCUT2D eigenvalue weighted by Crippen LogP contribution is -2.25. The number of carbonyl (C=O) groups is 1. The van der Waals surface area contributed by atoms with E-state index in [0.29, 0.717) is 58.0 Å². The van der Waals surface area contributed by atoms with E-state index in [1.807, 2.05) is 6.92 Å². The molecule has 0 aliphatic rings. The minimum atomic E-state index is -0.205. The van der Waals surface area contributed by atoms with E-state index in [1.165, 1.54) is 11.8 Å². The first-order valence-corrected chi connectivity index (χ1v) is 11.2. The highest BCUT2D eigenvalue weighted by Gasteiger charge is 2.14. The molecule has 0 radical (unpaired) electrons. The third kappa shape index (κ3) is 5.98. The second-order valence-corrected chi connectivity index (χ2v) is 8.22. The van der Waals surface area contributed by atoms with Gasteiger partial charge in [-0.25, -0.2) is 4.98 Å². The van der Waals surface area contributed by atoms with Gasteiger partial charge >= 0.3 is 0 Å². The average molecular weight is 466 g/mol. The van der Waals surface area contributed by atoms with Gasteiger partial charge in [-0.15, -0.1) is 0 Å². The summed E-state index contributed by atoms with van der Waals surface area (Å²) in [6, 6.07) is 11.9. The van der Waals surface area contributed by atoms with Crippen LogP contribution in [0.4, 0.5) is 5.69 Å². The average Bonchev–Trinajstić information content (AvgIpc) is 2.72. The fourth-order valence-corrected chi connectivity index (χ4v) is 3.93. The van der Waals surface area contributed by atoms with Crippen LogP contribution in [0.3, 0.4) is 0 Å². The lowest BCUT2D eigenvalue weighted by molar-refractivity contribution is -0.113. The molecule has 1 N–H and O–H groups in total. The van der Waals surface area contributed by atoms with Crippen LogP contribution in [-0.2, 0) is 16.1 Å². The minimum Gasteiger partial charge on any atom is -0.382 e. The Morgan fingerprint density at radius 3 is 2.63 bits per heavy atom. The molecule has 0 spiro atoms. The molecule has 2 aromatic carbocycles. The van der Waals surface area contributed by atoms with Crippen molar-refractivity contribution in [1.82, 2.24) is 9.55 Å². The molecule has 158 valence electrons. The van der Waals surface area contributed by atoms with E-state index in [2.05, 4.69) is 10.3 Å². The number of nitrogens with zero attached hydrogens (tertiary/aromatic N) is 2. The number of carbonyl (C=O) groups excluding carboxylic acids is 1. The van der Waals surface area contributed by atoms with Crippen molar-refractivity contribution in [3.05, 3.63) is 62.9 Å². The van der Waals surface area contributed by atoms with E-state index in [-0.39, 0.29) is 17.2 Å². The van der Waals surface area contributed by atoms with Gasteiger partial charge in [-0.3, -0.25) is 14.2 Å². The minimum absolute atomic E-state index is 0.104. The first kappa shape index (κ1) is 22.6. The van der Waals surface area contributed by atoms with Crippen LogP contribution in [0.25, 0.3) is 10.9 Å². The van der Waals surface area contributed by atoms with Crippen LogP contribution in [0.1, 0.15) is 13.3 Å². The van der Waals surface area contributed by atoms with Crippen LogP contribution in [0.15, 0.2) is 52.4 Å². The Morgan fingerprint density at radius 2 is 1.90 bits per heavy atom. The van der Waals surface area contributed by atoms with Crippen molar-refractivity contribution < 1.29 is 9.53 Å². The number of aromatic nitrogens is 2. The first-order chi connectivity index (χ1) is 14.5. The van der Waals surface area contributed by atoms with Crippen molar-refractivity contribution in [1.29, 1.82) is 0 Å². The maximum atomic E-state index is 13.0. The Labute approximate surface area is 188 Å². The number of ether oxygens (including phenoxy) is 1. The largest absolute Gasteiger partial charge is 0.382 e. The predicted molar refractivity (Wildman–Crippen MR) is 123 cm³/mol. The lowest BCUT2D eigenvalue weighted by Gasteiger charge is -2.13. The van der Waals surface area contributed by atoms with Gasteiger partial charge in [0.1, 0.15) is 0 Å². The summed E-state index contributed by atoms with van der Waals surface area (Å²) >= 11 is 13.1. The highest BCUT2D eigenvalue weighted by Crippen LogP contribution is 2.21. The summed E-state index contributed by atoms with van der Waals surface area (Å²) in [4.78, 5) is 30.0. The summed E-state index contributed by atoms with van der Waals surface area (Å²) in [7, 11) is 0. The van der Waals surface area contributed by atoms with Crippen LogP contribution in [0, 0.1) is 0 Å². The fourth-order valence-electron chi connectivity index (χ4n) is 2.81. The summed E-state index contributed by atoms with van der Waals surface area (Å²) in [5.41, 5.74) is 1.00. The topological polar surface area (TPSA) is 73.2 Å². The Morgan fingerprint density at radius 1 is 1.17 bits per heavy atom. The molecule has 0 aliphatic heterocycles. The molecule has 0 unspecified atom stereocenters. The smallest absolute Gasteiger partial charge is 0.262 e. The fraction of sp³-hybridized carbons (Fsp3) is 0.286. The summed E-state index contributed by atoms with van der Waals surface area (Å²) in [5.74, 6) is -0.101. The van der Waals surface area contributed by atoms with Gasteiger partial charge in [-0.1, -0.05) is 35.0 Å². The molecule has 0 aliphatic carbocycles. The molecule has 0 atom stereocenters. The highest BCUT2D eigenvalue weighted by molar-refractivity contribution is 7.99. The molecule has 0 bridgehead atoms. The van der Waals surface area contributed by atoms with Gasteiger partial charge in [0.2, 0.25) is 5.91 Å². The number of hydrogen-bond donors (Lipinski definition) is 1. The number of benzene rings is 2. The normalized spacial score (nSPS) is 11.0. The van der Waals surface area contributed by atoms with Gasteiger partial charge in [0.25, 0.3) is 5.56 Å². The zero-order valence-electron chi connectivity index (χ0n) is 16.4. The Bertz CT molecular complexity index is 1090. The number of rotatable bonds is 9. The molecule has 30 heavy (non-hydrogen) atoms. The molecular formula is C21H21Cl2N3O3S. The molecule has 1 amide bonds. The van der Waals surface area contributed by atoms with Crippen LogP contribution < -0.4 is 10.9 Å². The van der Waals surface area contributed by atoms with Gasteiger partial charge in [0, 0.05) is 35.5 Å². The molecule has 0 saturated carbocycles. The van der Waals surface area contributed by atoms with Crippen molar-refractivity contribution in [3.8, 4) is 0 Å². The Kier molecular flexibility index (Phi) is 8.16. The highest BCUT2D eigenvalue weighted by atomic mass is 35.5. The van der Waals surface area contributed by atoms with Gasteiger partial charge in [-0.2, -0.15) is 0 Å². The van der Waals surface area contributed by atoms with Crippen molar-refractivity contribution >= 4 is 57.5 Å². The maximum Gasteiger partial charge on any atom is 0.262 e. The van der Waals surface area contributed by atoms with E-state index in [1.54, 1.807) is 47.0 Å². The Balaban J connectivity index is 1.79. The summed E-state index contributed by atoms with van der Waals surface area (Å²) in [5, 5.41) is 4.86. The molecule has 6 nitrogen and oxygen atoms in total. The molecule has 1 heterocycles. The molecule has 0 saturated heterocycles. The predicted octanol–water partition coefficient (Wildman–Crippen LogP) is 4.86. The van der Waals surface area contributed by atoms with Crippen molar-refractivity contribution in [2.24, 2.45) is 0 Å². The third-order valence-electron chi connectivity index (χ3n) is 4.22. The number of halogens is 2. The van der Waals surface area contributed by atoms with Crippen LogP contribution in [0.2, 0.25) is 10.0 Å². The van der Waals surface area contributed by atoms with E-state index in [0.717, 1.165) is 0 Å². The van der Waals surface area contributed by atoms with E-state index >= 15 is 0 Å². The third-order valence-corrected chi connectivity index (χ3v) is 5.68. The lowest BCUT2D eigenvalue weighted by atomic mass is 10.2. The first-order valence-electron chi connectivity index (χ1n) is 9.44. The van der Waals surface area contributed by atoms with Gasteiger partial charge in [-0.05, 0) is 55.8 Å². The molecule has 9 heteroatoms. The molecular weight excluding hydrogens is 445 g/mol. The number of fused-ring (bicyclic) bond motifs is 1. The van der Waals surface area contributed by atoms with E-state index < -0.39 is 0 Å². The van der Waals surface area contributed by atoms with Gasteiger partial charge in [0.05, 0.1) is 16.7 Å². The van der Waals surface area contributed by atoms with E-state index in [9.17, 15) is 9.59 Å². The standard InChI is InChI=1S/C21H21Cl2N3O3S/c1-2-29-11-3-10-26-20(28)17-9-6-15(23)12-18(17)25-21(26)30-13-19(27)24-16-7-4-14(22)5-8-16/h4-9,12H,2-3,10-11,13H2,1H3,(H,24,27). The van der Waals surface area contributed by atoms with E-state index in [4.69, 9.17) is 27.9 Å². The van der Waals surface area contributed by atoms with Crippen molar-refractivity contribution in [3.63, 3.8) is 0 Å². The molecule has 3 aromatic rings. The van der Waals surface area contributed by atoms with Crippen LogP contribution in [-0.4, -0.2) is 34.4 Å². The molecule has 3 rings (SSSR count). The number of nitrogens with one attached hydrogen (secondary N) is 1. The van der Waals surface area contributed by atoms with Crippen molar-refractivity contribution in [2.75, 3.05) is 24.3 Å². The van der Waals surface area contributed by atoms with Gasteiger partial charge in [0.15, 0.2) is 5.16 Å².